The van der Waals surface area contributed by atoms with Gasteiger partial charge in [0.25, 0.3) is 0 Å². The van der Waals surface area contributed by atoms with Gasteiger partial charge in [-0.2, -0.15) is 0 Å². The summed E-state index contributed by atoms with van der Waals surface area (Å²) in [5, 5.41) is 0. The van der Waals surface area contributed by atoms with E-state index in [2.05, 4.69) is 26.8 Å². The maximum absolute atomic E-state index is 4.42. The molecule has 0 aromatic heterocycles. The highest BCUT2D eigenvalue weighted by Gasteiger charge is 2.22. The number of hydrogen-bond donors (Lipinski definition) is 0. The highest BCUT2D eigenvalue weighted by Crippen LogP contribution is 2.38. The lowest BCUT2D eigenvalue weighted by molar-refractivity contribution is 0.339. The summed E-state index contributed by atoms with van der Waals surface area (Å²) in [6.07, 6.45) is 18.0. The van der Waals surface area contributed by atoms with Gasteiger partial charge < -0.3 is 0 Å². The Morgan fingerprint density at radius 1 is 0.875 bits per heavy atom. The van der Waals surface area contributed by atoms with Gasteiger partial charge in [0.05, 0.1) is 0 Å². The first-order chi connectivity index (χ1) is 11.7. The monoisotopic (exact) mass is 324 g/mol. The average molecular weight is 325 g/mol. The molecular formula is C24H36. The van der Waals surface area contributed by atoms with Gasteiger partial charge in [0.2, 0.25) is 0 Å². The molecule has 0 amide bonds. The second-order valence-corrected chi connectivity index (χ2v) is 8.29. The number of benzene rings is 1. The zero-order chi connectivity index (χ0) is 16.9. The van der Waals surface area contributed by atoms with Crippen LogP contribution in [0, 0.1) is 19.8 Å². The van der Waals surface area contributed by atoms with E-state index in [1.165, 1.54) is 88.2 Å². The molecular weight excluding hydrogens is 288 g/mol. The summed E-state index contributed by atoms with van der Waals surface area (Å²) in [6.45, 7) is 11.1. The molecule has 0 unspecified atom stereocenters. The highest BCUT2D eigenvalue weighted by molar-refractivity contribution is 5.50. The molecule has 24 heavy (non-hydrogen) atoms. The number of hydrogen-bond acceptors (Lipinski definition) is 0. The molecule has 1 aromatic carbocycles. The standard InChI is InChI=1S/C24H36/c1-4-22-23(16-15-20-11-7-5-8-12-20)19(3)18(2)17-24(22)21-13-9-6-10-14-21/h17,20-21H,2-16H2,1H3. The van der Waals surface area contributed by atoms with Gasteiger partial charge in [-0.15, -0.1) is 0 Å². The van der Waals surface area contributed by atoms with Crippen LogP contribution in [0.5, 0.6) is 0 Å². The molecule has 2 aliphatic rings. The largest absolute Gasteiger partial charge is 0.0613 e. The summed E-state index contributed by atoms with van der Waals surface area (Å²) >= 11 is 0. The molecule has 3 rings (SSSR count). The maximum Gasteiger partial charge on any atom is -0.0159 e. The first-order valence-corrected chi connectivity index (χ1v) is 10.5. The van der Waals surface area contributed by atoms with Crippen molar-refractivity contribution in [1.82, 2.24) is 0 Å². The Kier molecular flexibility index (Phi) is 6.42. The summed E-state index contributed by atoms with van der Waals surface area (Å²) in [5.74, 6) is 1.73. The summed E-state index contributed by atoms with van der Waals surface area (Å²) in [5.41, 5.74) is 7.26. The lowest BCUT2D eigenvalue weighted by atomic mass is 9.77. The summed E-state index contributed by atoms with van der Waals surface area (Å²) in [6, 6.07) is 2.39. The molecule has 2 fully saturated rings. The van der Waals surface area contributed by atoms with Crippen molar-refractivity contribution in [3.05, 3.63) is 47.7 Å². The predicted octanol–water partition coefficient (Wildman–Crippen LogP) is 7.17. The first kappa shape index (κ1) is 18.0. The normalized spacial score (nSPS) is 20.5. The van der Waals surface area contributed by atoms with E-state index >= 15 is 0 Å². The third-order valence-electron chi connectivity index (χ3n) is 6.72. The van der Waals surface area contributed by atoms with Gasteiger partial charge in [0.1, 0.15) is 0 Å². The fraction of sp³-hybridized carbons (Fsp3) is 0.667. The van der Waals surface area contributed by atoms with Gasteiger partial charge in [-0.05, 0) is 85.6 Å². The van der Waals surface area contributed by atoms with Crippen LogP contribution in [0.2, 0.25) is 0 Å². The highest BCUT2D eigenvalue weighted by atomic mass is 14.3. The minimum Gasteiger partial charge on any atom is -0.0613 e. The molecule has 0 heteroatoms. The van der Waals surface area contributed by atoms with Crippen LogP contribution in [-0.4, -0.2) is 0 Å². The van der Waals surface area contributed by atoms with Crippen molar-refractivity contribution in [2.24, 2.45) is 5.92 Å². The third kappa shape index (κ3) is 4.06. The Hall–Kier alpha value is -0.780. The fourth-order valence-electron chi connectivity index (χ4n) is 5.23. The van der Waals surface area contributed by atoms with Gasteiger partial charge in [-0.3, -0.25) is 0 Å². The molecule has 132 valence electrons. The third-order valence-corrected chi connectivity index (χ3v) is 6.72. The smallest absolute Gasteiger partial charge is 0.0159 e. The molecule has 2 radical (unpaired) electrons. The topological polar surface area (TPSA) is 0 Å². The van der Waals surface area contributed by atoms with Crippen molar-refractivity contribution in [3.63, 3.8) is 0 Å². The maximum atomic E-state index is 4.42. The fourth-order valence-corrected chi connectivity index (χ4v) is 5.23. The van der Waals surface area contributed by atoms with E-state index in [0.717, 1.165) is 18.3 Å². The van der Waals surface area contributed by atoms with E-state index in [-0.39, 0.29) is 0 Å². The van der Waals surface area contributed by atoms with Crippen molar-refractivity contribution in [2.75, 3.05) is 0 Å². The first-order valence-electron chi connectivity index (χ1n) is 10.5. The molecule has 0 atom stereocenters. The SMILES string of the molecule is [CH2]c1cc(C2CCCCC2)c(CC)c(CCC2CCCCC2)c1[CH2]. The summed E-state index contributed by atoms with van der Waals surface area (Å²) in [7, 11) is 0. The van der Waals surface area contributed by atoms with E-state index in [4.69, 9.17) is 0 Å². The minimum absolute atomic E-state index is 0.781. The second-order valence-electron chi connectivity index (χ2n) is 8.29. The Morgan fingerprint density at radius 3 is 2.12 bits per heavy atom. The quantitative estimate of drug-likeness (QED) is 0.538. The number of rotatable bonds is 5. The molecule has 0 heterocycles. The minimum atomic E-state index is 0.781. The Bertz CT molecular complexity index is 527. The van der Waals surface area contributed by atoms with Crippen molar-refractivity contribution < 1.29 is 0 Å². The van der Waals surface area contributed by atoms with E-state index in [9.17, 15) is 0 Å². The molecule has 0 bridgehead atoms. The second kappa shape index (κ2) is 8.54. The zero-order valence-corrected chi connectivity index (χ0v) is 15.8. The van der Waals surface area contributed by atoms with Crippen LogP contribution >= 0.6 is 0 Å². The molecule has 0 saturated heterocycles. The molecule has 2 saturated carbocycles. The summed E-state index contributed by atoms with van der Waals surface area (Å²) < 4.78 is 0. The Morgan fingerprint density at radius 2 is 1.50 bits per heavy atom. The van der Waals surface area contributed by atoms with Gasteiger partial charge >= 0.3 is 0 Å². The Labute approximate surface area is 150 Å². The summed E-state index contributed by atoms with van der Waals surface area (Å²) in [4.78, 5) is 0. The Balaban J connectivity index is 1.83. The molecule has 0 aliphatic heterocycles. The van der Waals surface area contributed by atoms with E-state index in [1.54, 1.807) is 16.7 Å². The van der Waals surface area contributed by atoms with Gasteiger partial charge in [0, 0.05) is 0 Å². The molecule has 1 aromatic rings. The molecule has 0 nitrogen and oxygen atoms in total. The predicted molar refractivity (Wildman–Crippen MR) is 105 cm³/mol. The molecule has 0 N–H and O–H groups in total. The van der Waals surface area contributed by atoms with Crippen LogP contribution < -0.4 is 0 Å². The van der Waals surface area contributed by atoms with Crippen LogP contribution in [-0.2, 0) is 12.8 Å². The van der Waals surface area contributed by atoms with Gasteiger partial charge in [-0.1, -0.05) is 64.4 Å². The van der Waals surface area contributed by atoms with E-state index < -0.39 is 0 Å². The lowest BCUT2D eigenvalue weighted by Crippen LogP contribution is -2.13. The van der Waals surface area contributed by atoms with Crippen LogP contribution in [0.3, 0.4) is 0 Å². The van der Waals surface area contributed by atoms with E-state index in [1.807, 2.05) is 0 Å². The van der Waals surface area contributed by atoms with Crippen LogP contribution in [0.15, 0.2) is 6.07 Å². The van der Waals surface area contributed by atoms with Gasteiger partial charge in [0.15, 0.2) is 0 Å². The van der Waals surface area contributed by atoms with Crippen LogP contribution in [0.1, 0.15) is 111 Å². The van der Waals surface area contributed by atoms with E-state index in [0.29, 0.717) is 0 Å². The van der Waals surface area contributed by atoms with Gasteiger partial charge in [-0.25, -0.2) is 0 Å². The average Bonchev–Trinajstić information content (AvgIpc) is 2.64. The van der Waals surface area contributed by atoms with Crippen molar-refractivity contribution in [2.45, 2.75) is 96.3 Å². The van der Waals surface area contributed by atoms with Crippen LogP contribution in [0.4, 0.5) is 0 Å². The van der Waals surface area contributed by atoms with Crippen molar-refractivity contribution in [1.29, 1.82) is 0 Å². The van der Waals surface area contributed by atoms with Crippen molar-refractivity contribution >= 4 is 0 Å². The lowest BCUT2D eigenvalue weighted by Gasteiger charge is -2.28. The zero-order valence-electron chi connectivity index (χ0n) is 15.8. The van der Waals surface area contributed by atoms with Crippen molar-refractivity contribution in [3.8, 4) is 0 Å². The van der Waals surface area contributed by atoms with Crippen LogP contribution in [0.25, 0.3) is 0 Å². The molecule has 2 aliphatic carbocycles. The molecule has 0 spiro atoms.